The van der Waals surface area contributed by atoms with E-state index in [4.69, 9.17) is 4.84 Å². The Morgan fingerprint density at radius 2 is 1.17 bits per heavy atom. The third kappa shape index (κ3) is 1.52. The van der Waals surface area contributed by atoms with E-state index in [0.29, 0.717) is 6.61 Å². The molecule has 0 unspecified atom stereocenters. The van der Waals surface area contributed by atoms with Crippen LogP contribution in [0.25, 0.3) is 0 Å². The molecule has 2 aromatic carbocycles. The molecule has 24 heavy (non-hydrogen) atoms. The highest BCUT2D eigenvalue weighted by molar-refractivity contribution is 6.06. The van der Waals surface area contributed by atoms with Gasteiger partial charge in [0.05, 0.1) is 18.4 Å². The van der Waals surface area contributed by atoms with Crippen LogP contribution in [-0.2, 0) is 14.4 Å². The maximum Gasteiger partial charge on any atom is 0.258 e. The van der Waals surface area contributed by atoms with E-state index < -0.39 is 0 Å². The molecule has 4 nitrogen and oxygen atoms in total. The van der Waals surface area contributed by atoms with Crippen LogP contribution in [0.2, 0.25) is 0 Å². The van der Waals surface area contributed by atoms with Gasteiger partial charge in [-0.05, 0) is 29.2 Å². The molecule has 1 saturated heterocycles. The van der Waals surface area contributed by atoms with E-state index in [9.17, 15) is 9.59 Å². The minimum atomic E-state index is -0.348. The lowest BCUT2D eigenvalue weighted by Crippen LogP contribution is -2.41. The fraction of sp³-hybridized carbons (Fsp3) is 0.300. The topological polar surface area (TPSA) is 46.6 Å². The largest absolute Gasteiger partial charge is 0.272 e. The minimum absolute atomic E-state index is 0.0608. The molecule has 0 spiro atoms. The fourth-order valence-electron chi connectivity index (χ4n) is 4.91. The van der Waals surface area contributed by atoms with Crippen LogP contribution >= 0.6 is 0 Å². The number of benzene rings is 2. The summed E-state index contributed by atoms with van der Waals surface area (Å²) in [4.78, 5) is 31.2. The summed E-state index contributed by atoms with van der Waals surface area (Å²) in [6.45, 7) is 2.10. The first-order valence-electron chi connectivity index (χ1n) is 8.42. The summed E-state index contributed by atoms with van der Waals surface area (Å²) in [5.74, 6) is -1.20. The van der Waals surface area contributed by atoms with Crippen LogP contribution < -0.4 is 0 Å². The van der Waals surface area contributed by atoms with E-state index in [1.807, 2.05) is 24.3 Å². The van der Waals surface area contributed by atoms with Crippen LogP contribution in [0, 0.1) is 11.8 Å². The van der Waals surface area contributed by atoms with Crippen molar-refractivity contribution in [2.75, 3.05) is 6.61 Å². The van der Waals surface area contributed by atoms with Crippen molar-refractivity contribution in [1.82, 2.24) is 5.06 Å². The molecule has 2 atom stereocenters. The predicted molar refractivity (Wildman–Crippen MR) is 87.0 cm³/mol. The number of rotatable bonds is 2. The zero-order valence-electron chi connectivity index (χ0n) is 13.3. The Morgan fingerprint density at radius 3 is 1.50 bits per heavy atom. The average Bonchev–Trinajstić information content (AvgIpc) is 2.88. The first-order chi connectivity index (χ1) is 11.7. The molecular weight excluding hydrogens is 302 g/mol. The molecule has 0 N–H and O–H groups in total. The maximum absolute atomic E-state index is 12.9. The van der Waals surface area contributed by atoms with Crippen LogP contribution in [0.4, 0.5) is 0 Å². The quantitative estimate of drug-likeness (QED) is 0.800. The van der Waals surface area contributed by atoms with E-state index >= 15 is 0 Å². The molecule has 2 amide bonds. The minimum Gasteiger partial charge on any atom is -0.272 e. The summed E-state index contributed by atoms with van der Waals surface area (Å²) in [5.41, 5.74) is 4.73. The normalized spacial score (nSPS) is 29.5. The lowest BCUT2D eigenvalue weighted by Gasteiger charge is -2.45. The third-order valence-electron chi connectivity index (χ3n) is 5.67. The summed E-state index contributed by atoms with van der Waals surface area (Å²) >= 11 is 0. The number of carbonyl (C=O) groups is 2. The zero-order chi connectivity index (χ0) is 16.4. The van der Waals surface area contributed by atoms with Crippen LogP contribution in [0.5, 0.6) is 0 Å². The van der Waals surface area contributed by atoms with E-state index in [2.05, 4.69) is 24.3 Å². The Balaban J connectivity index is 1.77. The average molecular weight is 319 g/mol. The van der Waals surface area contributed by atoms with Gasteiger partial charge in [0.2, 0.25) is 0 Å². The Labute approximate surface area is 140 Å². The number of imide groups is 1. The third-order valence-corrected chi connectivity index (χ3v) is 5.67. The van der Waals surface area contributed by atoms with Gasteiger partial charge in [0.25, 0.3) is 11.8 Å². The van der Waals surface area contributed by atoms with Crippen molar-refractivity contribution in [3.05, 3.63) is 70.8 Å². The molecule has 4 aliphatic rings. The zero-order valence-corrected chi connectivity index (χ0v) is 13.3. The Bertz CT molecular complexity index is 759. The van der Waals surface area contributed by atoms with Gasteiger partial charge in [-0.2, -0.15) is 5.06 Å². The number of hydrogen-bond donors (Lipinski definition) is 0. The predicted octanol–water partition coefficient (Wildman–Crippen LogP) is 2.83. The summed E-state index contributed by atoms with van der Waals surface area (Å²) < 4.78 is 0. The second-order valence-electron chi connectivity index (χ2n) is 6.65. The summed E-state index contributed by atoms with van der Waals surface area (Å²) in [6.07, 6.45) is 0. The summed E-state index contributed by atoms with van der Waals surface area (Å²) in [5, 5.41) is 1.02. The van der Waals surface area contributed by atoms with Crippen LogP contribution in [0.15, 0.2) is 48.5 Å². The van der Waals surface area contributed by atoms with E-state index in [0.717, 1.165) is 5.06 Å². The molecule has 4 heteroatoms. The standard InChI is InChI=1S/C20H17NO3/c1-2-24-21-19(22)17-15-11-7-3-4-8-12(11)16(18(17)20(21)23)14-10-6-5-9-13(14)15/h3-10,15-18H,2H2,1H3/t15?,16?,17-,18+. The van der Waals surface area contributed by atoms with Crippen molar-refractivity contribution in [3.63, 3.8) is 0 Å². The highest BCUT2D eigenvalue weighted by Gasteiger charge is 2.62. The van der Waals surface area contributed by atoms with Crippen molar-refractivity contribution in [2.24, 2.45) is 11.8 Å². The van der Waals surface area contributed by atoms with Crippen molar-refractivity contribution < 1.29 is 14.4 Å². The lowest BCUT2D eigenvalue weighted by atomic mass is 9.55. The molecule has 1 aliphatic heterocycles. The fourth-order valence-corrected chi connectivity index (χ4v) is 4.91. The van der Waals surface area contributed by atoms with Gasteiger partial charge in [-0.3, -0.25) is 14.4 Å². The molecule has 0 saturated carbocycles. The highest BCUT2D eigenvalue weighted by Crippen LogP contribution is 2.60. The summed E-state index contributed by atoms with van der Waals surface area (Å²) in [6, 6.07) is 16.4. The molecule has 1 fully saturated rings. The van der Waals surface area contributed by atoms with Gasteiger partial charge in [0.15, 0.2) is 0 Å². The van der Waals surface area contributed by atoms with Gasteiger partial charge in [-0.15, -0.1) is 0 Å². The second kappa shape index (κ2) is 4.77. The van der Waals surface area contributed by atoms with Gasteiger partial charge >= 0.3 is 0 Å². The summed E-state index contributed by atoms with van der Waals surface area (Å²) in [7, 11) is 0. The Hall–Kier alpha value is -2.46. The first kappa shape index (κ1) is 13.9. The molecule has 120 valence electrons. The van der Waals surface area contributed by atoms with Crippen molar-refractivity contribution >= 4 is 11.8 Å². The van der Waals surface area contributed by atoms with Crippen LogP contribution in [0.1, 0.15) is 41.0 Å². The van der Waals surface area contributed by atoms with Gasteiger partial charge in [0.1, 0.15) is 0 Å². The van der Waals surface area contributed by atoms with Gasteiger partial charge in [-0.1, -0.05) is 48.5 Å². The van der Waals surface area contributed by atoms with E-state index in [1.54, 1.807) is 6.92 Å². The lowest BCUT2D eigenvalue weighted by molar-refractivity contribution is -0.188. The Kier molecular flexibility index (Phi) is 2.77. The van der Waals surface area contributed by atoms with Crippen molar-refractivity contribution in [1.29, 1.82) is 0 Å². The molecule has 0 radical (unpaired) electrons. The highest BCUT2D eigenvalue weighted by atomic mass is 16.7. The number of amides is 2. The number of carbonyl (C=O) groups excluding carboxylic acids is 2. The number of nitrogens with zero attached hydrogens (tertiary/aromatic N) is 1. The Morgan fingerprint density at radius 1 is 0.792 bits per heavy atom. The monoisotopic (exact) mass is 319 g/mol. The second-order valence-corrected chi connectivity index (χ2v) is 6.65. The van der Waals surface area contributed by atoms with Crippen LogP contribution in [-0.4, -0.2) is 23.5 Å². The van der Waals surface area contributed by atoms with Crippen molar-refractivity contribution in [3.8, 4) is 0 Å². The molecule has 3 aliphatic carbocycles. The van der Waals surface area contributed by atoms with Crippen LogP contribution in [0.3, 0.4) is 0 Å². The number of hydroxylamine groups is 2. The van der Waals surface area contributed by atoms with Gasteiger partial charge in [-0.25, -0.2) is 0 Å². The molecule has 1 heterocycles. The van der Waals surface area contributed by atoms with E-state index in [-0.39, 0.29) is 35.5 Å². The van der Waals surface area contributed by atoms with Gasteiger partial charge in [0, 0.05) is 11.8 Å². The molecule has 2 bridgehead atoms. The van der Waals surface area contributed by atoms with E-state index in [1.165, 1.54) is 22.3 Å². The number of hydrogen-bond acceptors (Lipinski definition) is 3. The van der Waals surface area contributed by atoms with Crippen molar-refractivity contribution in [2.45, 2.75) is 18.8 Å². The maximum atomic E-state index is 12.9. The molecular formula is C20H17NO3. The molecule has 6 rings (SSSR count). The molecule has 0 aromatic heterocycles. The van der Waals surface area contributed by atoms with Gasteiger partial charge < -0.3 is 0 Å². The smallest absolute Gasteiger partial charge is 0.258 e. The SMILES string of the molecule is CCON1C(=O)[C@@H]2C3c4ccccc4C(c4ccccc43)[C@@H]2C1=O. The molecule has 2 aromatic rings. The first-order valence-corrected chi connectivity index (χ1v) is 8.42.